The zero-order valence-corrected chi connectivity index (χ0v) is 11.0. The molecule has 1 aromatic rings. The summed E-state index contributed by atoms with van der Waals surface area (Å²) in [5.74, 6) is 0. The second kappa shape index (κ2) is 6.18. The molecule has 17 heavy (non-hydrogen) atoms. The summed E-state index contributed by atoms with van der Waals surface area (Å²) in [6.07, 6.45) is 2.48. The van der Waals surface area contributed by atoms with Crippen molar-refractivity contribution >= 4 is 0 Å². The Morgan fingerprint density at radius 2 is 2.12 bits per heavy atom. The molecule has 0 aliphatic carbocycles. The Hall–Kier alpha value is -0.860. The minimum absolute atomic E-state index is 0.533. The summed E-state index contributed by atoms with van der Waals surface area (Å²) in [4.78, 5) is 2.61. The molecule has 1 fully saturated rings. The average Bonchev–Trinajstić information content (AvgIpc) is 2.64. The predicted molar refractivity (Wildman–Crippen MR) is 73.1 cm³/mol. The van der Waals surface area contributed by atoms with Gasteiger partial charge in [0.2, 0.25) is 0 Å². The van der Waals surface area contributed by atoms with E-state index in [0.717, 1.165) is 6.54 Å². The Kier molecular flexibility index (Phi) is 4.57. The molecule has 1 N–H and O–H groups in total. The van der Waals surface area contributed by atoms with E-state index in [9.17, 15) is 0 Å². The minimum atomic E-state index is 0.533. The third-order valence-electron chi connectivity index (χ3n) is 3.83. The van der Waals surface area contributed by atoms with Gasteiger partial charge in [0.05, 0.1) is 0 Å². The van der Waals surface area contributed by atoms with Crippen molar-refractivity contribution in [2.75, 3.05) is 19.6 Å². The first-order valence-electron chi connectivity index (χ1n) is 6.83. The van der Waals surface area contributed by atoms with Gasteiger partial charge in [0.15, 0.2) is 0 Å². The summed E-state index contributed by atoms with van der Waals surface area (Å²) in [6.45, 7) is 8.14. The van der Waals surface area contributed by atoms with E-state index in [4.69, 9.17) is 0 Å². The molecular formula is C15H24N2. The third kappa shape index (κ3) is 3.30. The topological polar surface area (TPSA) is 15.3 Å². The number of rotatable bonds is 3. The molecular weight excluding hydrogens is 208 g/mol. The fraction of sp³-hybridized carbons (Fsp3) is 0.600. The summed E-state index contributed by atoms with van der Waals surface area (Å²) in [5.41, 5.74) is 1.43. The van der Waals surface area contributed by atoms with Gasteiger partial charge < -0.3 is 5.32 Å². The zero-order valence-electron chi connectivity index (χ0n) is 11.0. The van der Waals surface area contributed by atoms with Crippen LogP contribution in [0.15, 0.2) is 30.3 Å². The number of nitrogens with zero attached hydrogens (tertiary/aromatic N) is 1. The second-order valence-corrected chi connectivity index (χ2v) is 4.99. The molecule has 1 heterocycles. The smallest absolute Gasteiger partial charge is 0.0320 e. The van der Waals surface area contributed by atoms with Crippen LogP contribution in [0.25, 0.3) is 0 Å². The van der Waals surface area contributed by atoms with Gasteiger partial charge >= 0.3 is 0 Å². The van der Waals surface area contributed by atoms with E-state index in [2.05, 4.69) is 54.4 Å². The Labute approximate surface area is 105 Å². The predicted octanol–water partition coefficient (Wildman–Crippen LogP) is 2.82. The average molecular weight is 232 g/mol. The van der Waals surface area contributed by atoms with Crippen molar-refractivity contribution in [1.82, 2.24) is 10.2 Å². The van der Waals surface area contributed by atoms with E-state index in [1.165, 1.54) is 31.5 Å². The maximum atomic E-state index is 3.63. The van der Waals surface area contributed by atoms with Crippen LogP contribution in [0, 0.1) is 0 Å². The van der Waals surface area contributed by atoms with Gasteiger partial charge in [-0.25, -0.2) is 0 Å². The van der Waals surface area contributed by atoms with Crippen molar-refractivity contribution in [2.45, 2.75) is 38.8 Å². The Bertz CT molecular complexity index is 323. The fourth-order valence-electron chi connectivity index (χ4n) is 2.59. The van der Waals surface area contributed by atoms with E-state index in [1.54, 1.807) is 0 Å². The number of hydrogen-bond donors (Lipinski definition) is 1. The lowest BCUT2D eigenvalue weighted by Crippen LogP contribution is -2.38. The van der Waals surface area contributed by atoms with Gasteiger partial charge in [-0.05, 0) is 31.9 Å². The van der Waals surface area contributed by atoms with E-state index < -0.39 is 0 Å². The van der Waals surface area contributed by atoms with Crippen molar-refractivity contribution in [3.8, 4) is 0 Å². The molecule has 0 spiro atoms. The summed E-state index contributed by atoms with van der Waals surface area (Å²) in [7, 11) is 0. The molecule has 2 unspecified atom stereocenters. The van der Waals surface area contributed by atoms with Crippen LogP contribution in [0.2, 0.25) is 0 Å². The van der Waals surface area contributed by atoms with Gasteiger partial charge in [0.1, 0.15) is 0 Å². The van der Waals surface area contributed by atoms with Crippen molar-refractivity contribution < 1.29 is 0 Å². The van der Waals surface area contributed by atoms with E-state index in [0.29, 0.717) is 12.1 Å². The molecule has 94 valence electrons. The number of hydrogen-bond acceptors (Lipinski definition) is 2. The van der Waals surface area contributed by atoms with Crippen molar-refractivity contribution in [1.29, 1.82) is 0 Å². The van der Waals surface area contributed by atoms with Gasteiger partial charge in [-0.1, -0.05) is 37.3 Å². The van der Waals surface area contributed by atoms with Crippen LogP contribution in [0.1, 0.15) is 38.3 Å². The molecule has 1 aliphatic heterocycles. The van der Waals surface area contributed by atoms with Crippen LogP contribution in [0.4, 0.5) is 0 Å². The highest BCUT2D eigenvalue weighted by atomic mass is 15.2. The molecule has 1 aliphatic rings. The highest BCUT2D eigenvalue weighted by Gasteiger charge is 2.21. The molecule has 2 rings (SSSR count). The van der Waals surface area contributed by atoms with Gasteiger partial charge in [-0.2, -0.15) is 0 Å². The molecule has 0 radical (unpaired) electrons. The lowest BCUT2D eigenvalue weighted by molar-refractivity contribution is 0.205. The minimum Gasteiger partial charge on any atom is -0.313 e. The summed E-state index contributed by atoms with van der Waals surface area (Å²) < 4.78 is 0. The molecule has 1 saturated heterocycles. The third-order valence-corrected chi connectivity index (χ3v) is 3.83. The van der Waals surface area contributed by atoms with Crippen LogP contribution in [-0.4, -0.2) is 30.6 Å². The fourth-order valence-corrected chi connectivity index (χ4v) is 2.59. The first-order chi connectivity index (χ1) is 8.31. The molecule has 0 saturated carbocycles. The van der Waals surface area contributed by atoms with E-state index in [1.807, 2.05) is 0 Å². The molecule has 2 nitrogen and oxygen atoms in total. The van der Waals surface area contributed by atoms with Crippen LogP contribution < -0.4 is 5.32 Å². The zero-order chi connectivity index (χ0) is 12.1. The molecule has 2 atom stereocenters. The maximum Gasteiger partial charge on any atom is 0.0320 e. The largest absolute Gasteiger partial charge is 0.313 e. The quantitative estimate of drug-likeness (QED) is 0.862. The summed E-state index contributed by atoms with van der Waals surface area (Å²) in [6, 6.07) is 12.0. The van der Waals surface area contributed by atoms with Crippen LogP contribution in [0.5, 0.6) is 0 Å². The second-order valence-electron chi connectivity index (χ2n) is 4.99. The summed E-state index contributed by atoms with van der Waals surface area (Å²) in [5, 5.41) is 3.63. The van der Waals surface area contributed by atoms with Crippen molar-refractivity contribution in [3.63, 3.8) is 0 Å². The standard InChI is InChI=1S/C15H24N2/c1-3-15-12-17(11-7-10-16-15)13(2)14-8-5-4-6-9-14/h4-6,8-9,13,15-16H,3,7,10-12H2,1-2H3. The lowest BCUT2D eigenvalue weighted by atomic mass is 10.1. The lowest BCUT2D eigenvalue weighted by Gasteiger charge is -2.30. The van der Waals surface area contributed by atoms with Gasteiger partial charge in [-0.15, -0.1) is 0 Å². The molecule has 0 aromatic heterocycles. The number of nitrogens with one attached hydrogen (secondary N) is 1. The molecule has 0 amide bonds. The van der Waals surface area contributed by atoms with Crippen LogP contribution in [-0.2, 0) is 0 Å². The maximum absolute atomic E-state index is 3.63. The van der Waals surface area contributed by atoms with Crippen LogP contribution in [0.3, 0.4) is 0 Å². The Morgan fingerprint density at radius 1 is 1.35 bits per heavy atom. The first kappa shape index (κ1) is 12.6. The van der Waals surface area contributed by atoms with Crippen LogP contribution >= 0.6 is 0 Å². The van der Waals surface area contributed by atoms with E-state index in [-0.39, 0.29) is 0 Å². The van der Waals surface area contributed by atoms with Gasteiger partial charge in [0, 0.05) is 25.2 Å². The SMILES string of the molecule is CCC1CN(C(C)c2ccccc2)CCCN1. The Balaban J connectivity index is 2.05. The monoisotopic (exact) mass is 232 g/mol. The highest BCUT2D eigenvalue weighted by molar-refractivity contribution is 5.18. The van der Waals surface area contributed by atoms with Crippen molar-refractivity contribution in [2.24, 2.45) is 0 Å². The Morgan fingerprint density at radius 3 is 2.82 bits per heavy atom. The molecule has 0 bridgehead atoms. The number of benzene rings is 1. The van der Waals surface area contributed by atoms with Gasteiger partial charge in [0.25, 0.3) is 0 Å². The van der Waals surface area contributed by atoms with E-state index >= 15 is 0 Å². The summed E-state index contributed by atoms with van der Waals surface area (Å²) >= 11 is 0. The first-order valence-corrected chi connectivity index (χ1v) is 6.83. The van der Waals surface area contributed by atoms with Gasteiger partial charge in [-0.3, -0.25) is 4.90 Å². The van der Waals surface area contributed by atoms with Crippen molar-refractivity contribution in [3.05, 3.63) is 35.9 Å². The normalized spacial score (nSPS) is 24.2. The molecule has 2 heteroatoms. The highest BCUT2D eigenvalue weighted by Crippen LogP contribution is 2.21. The molecule has 1 aromatic carbocycles.